The first kappa shape index (κ1) is 24.6. The fraction of sp³-hybridized carbons (Fsp3) is 0.292. The summed E-state index contributed by atoms with van der Waals surface area (Å²) in [4.78, 5) is 24.5. The van der Waals surface area contributed by atoms with Crippen LogP contribution >= 0.6 is 0 Å². The molecule has 2 aromatic carbocycles. The standard InChI is InChI=1S/C24H26FN5O4S/c1-3-22(31)27-18-8-10-19(11-9-18)35(33,34)30-13-12-21-20(15-30)23(28-29(21)2)24(32)26-14-16-4-6-17(25)7-5-16/h4-11H,3,12-15H2,1-2H3,(H,26,32)(H,27,31). The zero-order valence-corrected chi connectivity index (χ0v) is 20.2. The number of anilines is 1. The highest BCUT2D eigenvalue weighted by Gasteiger charge is 2.33. The molecule has 1 aromatic heterocycles. The molecule has 0 unspecified atom stereocenters. The van der Waals surface area contributed by atoms with E-state index >= 15 is 0 Å². The minimum Gasteiger partial charge on any atom is -0.347 e. The van der Waals surface area contributed by atoms with Gasteiger partial charge in [0.15, 0.2) is 5.69 Å². The Labute approximate surface area is 203 Å². The lowest BCUT2D eigenvalue weighted by Crippen LogP contribution is -2.37. The molecular weight excluding hydrogens is 473 g/mol. The smallest absolute Gasteiger partial charge is 0.272 e. The van der Waals surface area contributed by atoms with Gasteiger partial charge in [0.05, 0.1) is 4.90 Å². The Kier molecular flexibility index (Phi) is 6.99. The third kappa shape index (κ3) is 5.25. The lowest BCUT2D eigenvalue weighted by molar-refractivity contribution is -0.115. The summed E-state index contributed by atoms with van der Waals surface area (Å²) in [5.74, 6) is -0.951. The lowest BCUT2D eigenvalue weighted by Gasteiger charge is -2.27. The van der Waals surface area contributed by atoms with Crippen LogP contribution in [0.4, 0.5) is 10.1 Å². The average molecular weight is 500 g/mol. The summed E-state index contributed by atoms with van der Waals surface area (Å²) in [7, 11) is -2.11. The summed E-state index contributed by atoms with van der Waals surface area (Å²) in [6.07, 6.45) is 0.731. The number of nitrogens with zero attached hydrogens (tertiary/aromatic N) is 3. The Morgan fingerprint density at radius 2 is 1.77 bits per heavy atom. The third-order valence-corrected chi connectivity index (χ3v) is 7.75. The van der Waals surface area contributed by atoms with Gasteiger partial charge in [-0.25, -0.2) is 12.8 Å². The number of nitrogens with one attached hydrogen (secondary N) is 2. The predicted octanol–water partition coefficient (Wildman–Crippen LogP) is 2.58. The second-order valence-electron chi connectivity index (χ2n) is 8.22. The second-order valence-corrected chi connectivity index (χ2v) is 10.2. The SMILES string of the molecule is CCC(=O)Nc1ccc(S(=O)(=O)N2CCc3c(c(C(=O)NCc4ccc(F)cc4)nn3C)C2)cc1. The summed E-state index contributed by atoms with van der Waals surface area (Å²) in [6, 6.07) is 11.8. The quantitative estimate of drug-likeness (QED) is 0.519. The zero-order chi connectivity index (χ0) is 25.2. The Morgan fingerprint density at radius 3 is 2.43 bits per heavy atom. The Balaban J connectivity index is 1.51. The van der Waals surface area contributed by atoms with Gasteiger partial charge in [0.1, 0.15) is 5.82 Å². The zero-order valence-electron chi connectivity index (χ0n) is 19.4. The largest absolute Gasteiger partial charge is 0.347 e. The number of amides is 2. The maximum atomic E-state index is 13.3. The van der Waals surface area contributed by atoms with E-state index in [1.54, 1.807) is 42.9 Å². The van der Waals surface area contributed by atoms with Crippen molar-refractivity contribution in [2.24, 2.45) is 7.05 Å². The molecule has 2 amide bonds. The van der Waals surface area contributed by atoms with E-state index < -0.39 is 15.9 Å². The molecule has 0 aliphatic carbocycles. The van der Waals surface area contributed by atoms with Crippen LogP contribution in [-0.4, -0.2) is 40.9 Å². The lowest BCUT2D eigenvalue weighted by atomic mass is 10.1. The van der Waals surface area contributed by atoms with Crippen molar-refractivity contribution >= 4 is 27.5 Å². The van der Waals surface area contributed by atoms with Crippen LogP contribution in [0.5, 0.6) is 0 Å². The molecule has 11 heteroatoms. The molecule has 0 atom stereocenters. The molecule has 0 spiro atoms. The maximum Gasteiger partial charge on any atom is 0.272 e. The molecule has 1 aliphatic heterocycles. The molecule has 3 aromatic rings. The van der Waals surface area contributed by atoms with Gasteiger partial charge in [0, 0.05) is 56.5 Å². The molecule has 0 saturated carbocycles. The van der Waals surface area contributed by atoms with Gasteiger partial charge >= 0.3 is 0 Å². The van der Waals surface area contributed by atoms with Gasteiger partial charge in [-0.15, -0.1) is 0 Å². The second kappa shape index (κ2) is 9.96. The molecule has 0 radical (unpaired) electrons. The fourth-order valence-corrected chi connectivity index (χ4v) is 5.34. The van der Waals surface area contributed by atoms with E-state index in [4.69, 9.17) is 0 Å². The van der Waals surface area contributed by atoms with Crippen molar-refractivity contribution in [1.82, 2.24) is 19.4 Å². The van der Waals surface area contributed by atoms with Crippen molar-refractivity contribution in [2.45, 2.75) is 37.8 Å². The van der Waals surface area contributed by atoms with Crippen LogP contribution < -0.4 is 10.6 Å². The number of sulfonamides is 1. The molecule has 1 aliphatic rings. The normalized spacial score (nSPS) is 13.8. The number of benzene rings is 2. The van der Waals surface area contributed by atoms with Crippen molar-refractivity contribution < 1.29 is 22.4 Å². The molecule has 184 valence electrons. The molecule has 0 bridgehead atoms. The van der Waals surface area contributed by atoms with Crippen LogP contribution in [0, 0.1) is 5.82 Å². The molecular formula is C24H26FN5O4S. The van der Waals surface area contributed by atoms with E-state index in [9.17, 15) is 22.4 Å². The molecule has 2 N–H and O–H groups in total. The van der Waals surface area contributed by atoms with E-state index in [1.165, 1.54) is 28.6 Å². The van der Waals surface area contributed by atoms with E-state index in [0.717, 1.165) is 11.3 Å². The molecule has 4 rings (SSSR count). The minimum absolute atomic E-state index is 0.0130. The van der Waals surface area contributed by atoms with Gasteiger partial charge in [-0.3, -0.25) is 14.3 Å². The number of fused-ring (bicyclic) bond motifs is 1. The summed E-state index contributed by atoms with van der Waals surface area (Å²) in [5, 5.41) is 9.80. The van der Waals surface area contributed by atoms with Gasteiger partial charge in [-0.1, -0.05) is 19.1 Å². The van der Waals surface area contributed by atoms with Crippen molar-refractivity contribution in [2.75, 3.05) is 11.9 Å². The molecule has 0 fully saturated rings. The van der Waals surface area contributed by atoms with Crippen LogP contribution in [0.1, 0.15) is 40.7 Å². The average Bonchev–Trinajstić information content (AvgIpc) is 3.19. The fourth-order valence-electron chi connectivity index (χ4n) is 3.93. The number of hydrogen-bond donors (Lipinski definition) is 2. The number of rotatable bonds is 7. The molecule has 9 nitrogen and oxygen atoms in total. The Morgan fingerprint density at radius 1 is 1.09 bits per heavy atom. The van der Waals surface area contributed by atoms with Gasteiger partial charge in [-0.05, 0) is 42.0 Å². The van der Waals surface area contributed by atoms with Crippen LogP contribution in [-0.2, 0) is 41.4 Å². The number of carbonyl (C=O) groups excluding carboxylic acids is 2. The maximum absolute atomic E-state index is 13.3. The first-order valence-corrected chi connectivity index (χ1v) is 12.6. The first-order valence-electron chi connectivity index (χ1n) is 11.2. The number of hydrogen-bond acceptors (Lipinski definition) is 5. The van der Waals surface area contributed by atoms with Crippen LogP contribution in [0.25, 0.3) is 0 Å². The Hall–Kier alpha value is -3.57. The topological polar surface area (TPSA) is 113 Å². The van der Waals surface area contributed by atoms with Crippen LogP contribution in [0.3, 0.4) is 0 Å². The van der Waals surface area contributed by atoms with Crippen molar-refractivity contribution in [3.63, 3.8) is 0 Å². The number of halogens is 1. The number of carbonyl (C=O) groups is 2. The van der Waals surface area contributed by atoms with Crippen molar-refractivity contribution in [3.05, 3.63) is 76.9 Å². The van der Waals surface area contributed by atoms with Gasteiger partial charge in [0.25, 0.3) is 5.91 Å². The first-order chi connectivity index (χ1) is 16.7. The van der Waals surface area contributed by atoms with Crippen LogP contribution in [0.15, 0.2) is 53.4 Å². The predicted molar refractivity (Wildman–Crippen MR) is 127 cm³/mol. The van der Waals surface area contributed by atoms with Gasteiger partial charge in [0.2, 0.25) is 15.9 Å². The van der Waals surface area contributed by atoms with E-state index in [-0.39, 0.29) is 41.9 Å². The summed E-state index contributed by atoms with van der Waals surface area (Å²) < 4.78 is 42.6. The molecule has 2 heterocycles. The highest BCUT2D eigenvalue weighted by atomic mass is 32.2. The molecule has 35 heavy (non-hydrogen) atoms. The summed E-state index contributed by atoms with van der Waals surface area (Å²) in [5.41, 5.74) is 2.78. The summed E-state index contributed by atoms with van der Waals surface area (Å²) in [6.45, 7) is 2.18. The molecule has 0 saturated heterocycles. The summed E-state index contributed by atoms with van der Waals surface area (Å²) >= 11 is 0. The van der Waals surface area contributed by atoms with E-state index in [2.05, 4.69) is 15.7 Å². The number of aromatic nitrogens is 2. The number of aryl methyl sites for hydroxylation is 1. The van der Waals surface area contributed by atoms with Crippen molar-refractivity contribution in [3.8, 4) is 0 Å². The monoisotopic (exact) mass is 499 g/mol. The highest BCUT2D eigenvalue weighted by molar-refractivity contribution is 7.89. The van der Waals surface area contributed by atoms with E-state index in [1.807, 2.05) is 0 Å². The van der Waals surface area contributed by atoms with Gasteiger partial charge in [-0.2, -0.15) is 9.40 Å². The van der Waals surface area contributed by atoms with Gasteiger partial charge < -0.3 is 10.6 Å². The highest BCUT2D eigenvalue weighted by Crippen LogP contribution is 2.27. The Bertz CT molecular complexity index is 1350. The third-order valence-electron chi connectivity index (χ3n) is 5.89. The minimum atomic E-state index is -3.83. The van der Waals surface area contributed by atoms with Crippen molar-refractivity contribution in [1.29, 1.82) is 0 Å². The van der Waals surface area contributed by atoms with E-state index in [0.29, 0.717) is 24.1 Å². The van der Waals surface area contributed by atoms with Crippen LogP contribution in [0.2, 0.25) is 0 Å².